The highest BCUT2D eigenvalue weighted by Gasteiger charge is 2.15. The minimum atomic E-state index is -1.06. The normalized spacial score (nSPS) is 19.5. The molecule has 1 heterocycles. The third-order valence-electron chi connectivity index (χ3n) is 3.05. The topological polar surface area (TPSA) is 58.6 Å². The number of anilines is 1. The molecule has 1 aliphatic rings. The van der Waals surface area contributed by atoms with E-state index in [1.165, 1.54) is 18.2 Å². The SMILES string of the molecule is O=C(O)c1ccc(F)c(NCC2CCCOC2)c1. The lowest BCUT2D eigenvalue weighted by Gasteiger charge is -2.22. The summed E-state index contributed by atoms with van der Waals surface area (Å²) in [6, 6.07) is 3.75. The Morgan fingerprint density at radius 3 is 3.06 bits per heavy atom. The highest BCUT2D eigenvalue weighted by atomic mass is 19.1. The Bertz CT molecular complexity index is 430. The molecule has 4 nitrogen and oxygen atoms in total. The highest BCUT2D eigenvalue weighted by molar-refractivity contribution is 5.88. The van der Waals surface area contributed by atoms with Gasteiger partial charge in [-0.3, -0.25) is 0 Å². The van der Waals surface area contributed by atoms with Crippen LogP contribution in [0.5, 0.6) is 0 Å². The fourth-order valence-corrected chi connectivity index (χ4v) is 2.02. The van der Waals surface area contributed by atoms with E-state index in [1.807, 2.05) is 0 Å². The van der Waals surface area contributed by atoms with Crippen molar-refractivity contribution in [3.05, 3.63) is 29.6 Å². The van der Waals surface area contributed by atoms with E-state index in [-0.39, 0.29) is 11.3 Å². The van der Waals surface area contributed by atoms with E-state index >= 15 is 0 Å². The maximum Gasteiger partial charge on any atom is 0.335 e. The molecule has 98 valence electrons. The van der Waals surface area contributed by atoms with Gasteiger partial charge in [-0.2, -0.15) is 0 Å². The highest BCUT2D eigenvalue weighted by Crippen LogP contribution is 2.19. The number of hydrogen-bond donors (Lipinski definition) is 2. The molecular formula is C13H16FNO3. The van der Waals surface area contributed by atoms with E-state index in [2.05, 4.69) is 5.32 Å². The molecule has 0 saturated carbocycles. The zero-order valence-electron chi connectivity index (χ0n) is 9.99. The lowest BCUT2D eigenvalue weighted by molar-refractivity contribution is 0.0594. The summed E-state index contributed by atoms with van der Waals surface area (Å²) in [5, 5.41) is 11.8. The first-order valence-electron chi connectivity index (χ1n) is 6.01. The van der Waals surface area contributed by atoms with Crippen LogP contribution in [0.15, 0.2) is 18.2 Å². The fourth-order valence-electron chi connectivity index (χ4n) is 2.02. The Hall–Kier alpha value is -1.62. The Kier molecular flexibility index (Phi) is 4.15. The van der Waals surface area contributed by atoms with Gasteiger partial charge in [0.15, 0.2) is 0 Å². The van der Waals surface area contributed by atoms with Crippen molar-refractivity contribution in [2.24, 2.45) is 5.92 Å². The van der Waals surface area contributed by atoms with Gasteiger partial charge in [0.2, 0.25) is 0 Å². The van der Waals surface area contributed by atoms with Gasteiger partial charge in [0.1, 0.15) is 5.82 Å². The summed E-state index contributed by atoms with van der Waals surface area (Å²) < 4.78 is 18.8. The minimum absolute atomic E-state index is 0.0822. The molecule has 18 heavy (non-hydrogen) atoms. The Labute approximate surface area is 105 Å². The average molecular weight is 253 g/mol. The maximum absolute atomic E-state index is 13.5. The first kappa shape index (κ1) is 12.8. The van der Waals surface area contributed by atoms with Crippen LogP contribution in [-0.2, 0) is 4.74 Å². The largest absolute Gasteiger partial charge is 0.478 e. The molecular weight excluding hydrogens is 237 g/mol. The van der Waals surface area contributed by atoms with Gasteiger partial charge in [-0.1, -0.05) is 0 Å². The van der Waals surface area contributed by atoms with Gasteiger partial charge in [-0.25, -0.2) is 9.18 Å². The quantitative estimate of drug-likeness (QED) is 0.864. The second kappa shape index (κ2) is 5.82. The van der Waals surface area contributed by atoms with Gasteiger partial charge in [0.25, 0.3) is 0 Å². The standard InChI is InChI=1S/C13H16FNO3/c14-11-4-3-10(13(16)17)6-12(11)15-7-9-2-1-5-18-8-9/h3-4,6,9,15H,1-2,5,7-8H2,(H,16,17). The molecule has 1 saturated heterocycles. The molecule has 1 unspecified atom stereocenters. The number of hydrogen-bond acceptors (Lipinski definition) is 3. The van der Waals surface area contributed by atoms with Crippen LogP contribution in [-0.4, -0.2) is 30.8 Å². The fraction of sp³-hybridized carbons (Fsp3) is 0.462. The predicted molar refractivity (Wildman–Crippen MR) is 65.4 cm³/mol. The van der Waals surface area contributed by atoms with Crippen molar-refractivity contribution in [2.75, 3.05) is 25.1 Å². The molecule has 0 spiro atoms. The molecule has 1 fully saturated rings. The molecule has 1 aliphatic heterocycles. The third kappa shape index (κ3) is 3.20. The first-order valence-corrected chi connectivity index (χ1v) is 6.01. The molecule has 1 atom stereocenters. The van der Waals surface area contributed by atoms with Gasteiger partial charge in [0.05, 0.1) is 17.9 Å². The number of ether oxygens (including phenoxy) is 1. The Morgan fingerprint density at radius 1 is 1.56 bits per heavy atom. The Morgan fingerprint density at radius 2 is 2.39 bits per heavy atom. The summed E-state index contributed by atoms with van der Waals surface area (Å²) >= 11 is 0. The second-order valence-electron chi connectivity index (χ2n) is 4.46. The Balaban J connectivity index is 1.99. The molecule has 0 bridgehead atoms. The van der Waals surface area contributed by atoms with Crippen molar-refractivity contribution in [1.29, 1.82) is 0 Å². The number of aromatic carboxylic acids is 1. The van der Waals surface area contributed by atoms with Crippen molar-refractivity contribution in [3.63, 3.8) is 0 Å². The number of carboxylic acids is 1. The van der Waals surface area contributed by atoms with Crippen LogP contribution in [0, 0.1) is 11.7 Å². The maximum atomic E-state index is 13.5. The number of carboxylic acid groups (broad SMARTS) is 1. The summed E-state index contributed by atoms with van der Waals surface area (Å²) in [4.78, 5) is 10.8. The van der Waals surface area contributed by atoms with E-state index in [0.29, 0.717) is 19.1 Å². The molecule has 0 amide bonds. The summed E-state index contributed by atoms with van der Waals surface area (Å²) in [5.74, 6) is -1.14. The third-order valence-corrected chi connectivity index (χ3v) is 3.05. The van der Waals surface area contributed by atoms with Crippen molar-refractivity contribution >= 4 is 11.7 Å². The van der Waals surface area contributed by atoms with Crippen molar-refractivity contribution in [3.8, 4) is 0 Å². The zero-order chi connectivity index (χ0) is 13.0. The molecule has 1 aromatic carbocycles. The van der Waals surface area contributed by atoms with E-state index in [9.17, 15) is 9.18 Å². The van der Waals surface area contributed by atoms with E-state index in [4.69, 9.17) is 9.84 Å². The van der Waals surface area contributed by atoms with Crippen molar-refractivity contribution in [1.82, 2.24) is 0 Å². The number of halogens is 1. The van der Waals surface area contributed by atoms with Crippen molar-refractivity contribution < 1.29 is 19.0 Å². The number of rotatable bonds is 4. The van der Waals surface area contributed by atoms with Gasteiger partial charge in [-0.05, 0) is 37.0 Å². The van der Waals surface area contributed by atoms with Crippen LogP contribution >= 0.6 is 0 Å². The molecule has 0 radical (unpaired) electrons. The predicted octanol–water partition coefficient (Wildman–Crippen LogP) is 2.36. The minimum Gasteiger partial charge on any atom is -0.478 e. The summed E-state index contributed by atoms with van der Waals surface area (Å²) in [6.07, 6.45) is 2.07. The van der Waals surface area contributed by atoms with E-state index in [1.54, 1.807) is 0 Å². The van der Waals surface area contributed by atoms with E-state index in [0.717, 1.165) is 19.4 Å². The number of carbonyl (C=O) groups is 1. The molecule has 0 aliphatic carbocycles. The van der Waals surface area contributed by atoms with Gasteiger partial charge < -0.3 is 15.2 Å². The van der Waals surface area contributed by atoms with Crippen molar-refractivity contribution in [2.45, 2.75) is 12.8 Å². The van der Waals surface area contributed by atoms with Crippen LogP contribution in [0.1, 0.15) is 23.2 Å². The van der Waals surface area contributed by atoms with Crippen LogP contribution < -0.4 is 5.32 Å². The van der Waals surface area contributed by atoms with E-state index < -0.39 is 11.8 Å². The van der Waals surface area contributed by atoms with Gasteiger partial charge in [-0.15, -0.1) is 0 Å². The number of nitrogens with one attached hydrogen (secondary N) is 1. The van der Waals surface area contributed by atoms with Gasteiger partial charge >= 0.3 is 5.97 Å². The van der Waals surface area contributed by atoms with Crippen LogP contribution in [0.4, 0.5) is 10.1 Å². The molecule has 2 N–H and O–H groups in total. The molecule has 5 heteroatoms. The van der Waals surface area contributed by atoms with Crippen LogP contribution in [0.25, 0.3) is 0 Å². The average Bonchev–Trinajstić information content (AvgIpc) is 2.38. The molecule has 0 aromatic heterocycles. The summed E-state index contributed by atoms with van der Waals surface area (Å²) in [5.41, 5.74) is 0.319. The number of benzene rings is 1. The smallest absolute Gasteiger partial charge is 0.335 e. The second-order valence-corrected chi connectivity index (χ2v) is 4.46. The van der Waals surface area contributed by atoms with Crippen LogP contribution in [0.3, 0.4) is 0 Å². The lowest BCUT2D eigenvalue weighted by atomic mass is 10.0. The summed E-state index contributed by atoms with van der Waals surface area (Å²) in [6.45, 7) is 2.06. The molecule has 1 aromatic rings. The molecule has 2 rings (SSSR count). The zero-order valence-corrected chi connectivity index (χ0v) is 9.99. The first-order chi connectivity index (χ1) is 8.66. The lowest BCUT2D eigenvalue weighted by Crippen LogP contribution is -2.24. The summed E-state index contributed by atoms with van der Waals surface area (Å²) in [7, 11) is 0. The monoisotopic (exact) mass is 253 g/mol. The van der Waals surface area contributed by atoms with Gasteiger partial charge in [0, 0.05) is 13.2 Å². The van der Waals surface area contributed by atoms with Crippen LogP contribution in [0.2, 0.25) is 0 Å².